The summed E-state index contributed by atoms with van der Waals surface area (Å²) < 4.78 is 6.73. The summed E-state index contributed by atoms with van der Waals surface area (Å²) in [5.74, 6) is 0. The van der Waals surface area contributed by atoms with Crippen LogP contribution in [-0.4, -0.2) is 14.0 Å². The minimum absolute atomic E-state index is 0. The quantitative estimate of drug-likeness (QED) is 0.131. The molecule has 0 unspecified atom stereocenters. The Hall–Kier alpha value is -4.83. The summed E-state index contributed by atoms with van der Waals surface area (Å²) in [4.78, 5) is 4.22. The molecule has 0 radical (unpaired) electrons. The largest absolute Gasteiger partial charge is 3.00 e. The first kappa shape index (κ1) is 28.0. The van der Waals surface area contributed by atoms with Crippen molar-refractivity contribution < 1.29 is 24.7 Å². The number of benzene rings is 5. The van der Waals surface area contributed by atoms with Crippen molar-refractivity contribution in [3.8, 4) is 16.9 Å². The second-order valence-electron chi connectivity index (χ2n) is 11.1. The molecule has 4 nitrogen and oxygen atoms in total. The molecule has 0 N–H and O–H groups in total. The summed E-state index contributed by atoms with van der Waals surface area (Å²) in [6.07, 6.45) is 5.35. The van der Waals surface area contributed by atoms with Gasteiger partial charge in [0.1, 0.15) is 0 Å². The van der Waals surface area contributed by atoms with Crippen LogP contribution in [0.4, 0.5) is 0 Å². The summed E-state index contributed by atoms with van der Waals surface area (Å²) in [6, 6.07) is 48.9. The van der Waals surface area contributed by atoms with E-state index in [0.29, 0.717) is 6.04 Å². The maximum Gasteiger partial charge on any atom is 3.00 e. The van der Waals surface area contributed by atoms with E-state index in [1.807, 2.05) is 42.5 Å². The zero-order valence-corrected chi connectivity index (χ0v) is 26.7. The van der Waals surface area contributed by atoms with Gasteiger partial charge in [-0.1, -0.05) is 84.0 Å². The minimum atomic E-state index is 0. The zero-order chi connectivity index (χ0) is 28.9. The van der Waals surface area contributed by atoms with E-state index in [9.17, 15) is 0 Å². The van der Waals surface area contributed by atoms with E-state index in [-0.39, 0.29) is 20.1 Å². The van der Waals surface area contributed by atoms with Gasteiger partial charge in [0.2, 0.25) is 6.33 Å². The third-order valence-corrected chi connectivity index (χ3v) is 8.14. The van der Waals surface area contributed by atoms with Crippen LogP contribution in [0.5, 0.6) is 0 Å². The fourth-order valence-corrected chi connectivity index (χ4v) is 6.21. The van der Waals surface area contributed by atoms with Crippen LogP contribution in [0.25, 0.3) is 66.1 Å². The number of hydrogen-bond acceptors (Lipinski definition) is 1. The average molecular weight is 745 g/mol. The summed E-state index contributed by atoms with van der Waals surface area (Å²) in [6.45, 7) is 4.39. The number of fused-ring (bicyclic) bond motifs is 7. The van der Waals surface area contributed by atoms with Gasteiger partial charge in [0, 0.05) is 28.0 Å². The molecule has 4 heterocycles. The molecule has 0 aliphatic carbocycles. The molecule has 212 valence electrons. The van der Waals surface area contributed by atoms with Gasteiger partial charge in [0.05, 0.1) is 17.1 Å². The molecular weight excluding hydrogens is 717 g/mol. The Morgan fingerprint density at radius 1 is 0.682 bits per heavy atom. The minimum Gasteiger partial charge on any atom is -0.363 e. The number of imidazole rings is 1. The molecule has 0 aliphatic heterocycles. The molecule has 0 saturated carbocycles. The Labute approximate surface area is 269 Å². The molecule has 5 aromatic carbocycles. The third-order valence-electron chi connectivity index (χ3n) is 8.14. The molecule has 9 aromatic rings. The molecule has 9 rings (SSSR count). The molecular formula is C39H28IrN4+. The van der Waals surface area contributed by atoms with E-state index in [0.717, 1.165) is 22.5 Å². The summed E-state index contributed by atoms with van der Waals surface area (Å²) in [5, 5.41) is 5.15. The van der Waals surface area contributed by atoms with Crippen LogP contribution < -0.4 is 4.57 Å². The molecule has 0 atom stereocenters. The van der Waals surface area contributed by atoms with Crippen LogP contribution in [0.15, 0.2) is 128 Å². The van der Waals surface area contributed by atoms with Gasteiger partial charge in [-0.2, -0.15) is 18.2 Å². The van der Waals surface area contributed by atoms with Gasteiger partial charge in [-0.15, -0.1) is 41.3 Å². The number of nitrogens with zero attached hydrogens (tertiary/aromatic N) is 4. The summed E-state index contributed by atoms with van der Waals surface area (Å²) in [5.41, 5.74) is 9.10. The fourth-order valence-electron chi connectivity index (χ4n) is 6.21. The predicted molar refractivity (Wildman–Crippen MR) is 175 cm³/mol. The topological polar surface area (TPSA) is 26.1 Å². The van der Waals surface area contributed by atoms with E-state index in [4.69, 9.17) is 0 Å². The van der Waals surface area contributed by atoms with Crippen LogP contribution in [0.3, 0.4) is 0 Å². The van der Waals surface area contributed by atoms with Gasteiger partial charge in [-0.3, -0.25) is 0 Å². The number of pyridine rings is 1. The number of aromatic nitrogens is 4. The van der Waals surface area contributed by atoms with Gasteiger partial charge >= 0.3 is 20.1 Å². The van der Waals surface area contributed by atoms with Crippen LogP contribution in [0, 0.1) is 18.5 Å². The van der Waals surface area contributed by atoms with Gasteiger partial charge < -0.3 is 18.5 Å². The summed E-state index contributed by atoms with van der Waals surface area (Å²) in [7, 11) is 0. The third kappa shape index (κ3) is 4.48. The predicted octanol–water partition coefficient (Wildman–Crippen LogP) is 8.80. The van der Waals surface area contributed by atoms with E-state index in [1.165, 1.54) is 43.6 Å². The van der Waals surface area contributed by atoms with Crippen molar-refractivity contribution in [2.75, 3.05) is 0 Å². The van der Waals surface area contributed by atoms with Crippen LogP contribution in [0.2, 0.25) is 0 Å². The van der Waals surface area contributed by atoms with Crippen molar-refractivity contribution in [2.24, 2.45) is 0 Å². The monoisotopic (exact) mass is 745 g/mol. The average Bonchev–Trinajstić information content (AvgIpc) is 3.73. The molecule has 0 amide bonds. The molecule has 0 fully saturated rings. The van der Waals surface area contributed by atoms with Gasteiger partial charge in [0.15, 0.2) is 0 Å². The fraction of sp³-hybridized carbons (Fsp3) is 0.0769. The summed E-state index contributed by atoms with van der Waals surface area (Å²) >= 11 is 0. The van der Waals surface area contributed by atoms with Crippen molar-refractivity contribution in [1.82, 2.24) is 14.0 Å². The first-order valence-electron chi connectivity index (χ1n) is 14.6. The smallest absolute Gasteiger partial charge is 0.363 e. The van der Waals surface area contributed by atoms with Gasteiger partial charge in [-0.05, 0) is 37.1 Å². The van der Waals surface area contributed by atoms with Crippen molar-refractivity contribution in [3.05, 3.63) is 146 Å². The Morgan fingerprint density at radius 3 is 2.18 bits per heavy atom. The Morgan fingerprint density at radius 2 is 1.41 bits per heavy atom. The Bertz CT molecular complexity index is 2330. The van der Waals surface area contributed by atoms with E-state index >= 15 is 0 Å². The molecule has 0 aliphatic rings. The number of para-hydroxylation sites is 4. The maximum absolute atomic E-state index is 4.22. The second-order valence-corrected chi connectivity index (χ2v) is 11.1. The normalized spacial score (nSPS) is 11.4. The first-order valence-corrected chi connectivity index (χ1v) is 14.6. The van der Waals surface area contributed by atoms with E-state index in [1.54, 1.807) is 6.20 Å². The molecule has 44 heavy (non-hydrogen) atoms. The van der Waals surface area contributed by atoms with Crippen molar-refractivity contribution in [2.45, 2.75) is 19.9 Å². The maximum atomic E-state index is 4.22. The number of hydrogen-bond donors (Lipinski definition) is 0. The standard InChI is InChI=1S/C28H20N3.C11H8N.Ir/c1-18(2)29-17-30(27-13-6-5-12-26(27)29)19-14-15-25-23(16-19)22-10-7-9-21-20-8-3-4-11-24(20)31(25)28(21)22;1-2-6-10(7-3-1)11-8-4-5-9-12-11;/h3-13,15-16,18H,1-2H3;1-6,8-9H;/q2*-1;+3. The SMILES string of the molecule is CC(C)[n+]1[c-]n(-c2[c-]cc3c(c2)c2cccc4c5ccccc5n3c24)c2ccccc21.[Ir+3].[c-]1ccccc1-c1ccccn1. The zero-order valence-electron chi connectivity index (χ0n) is 24.3. The van der Waals surface area contributed by atoms with Gasteiger partial charge in [-0.25, -0.2) is 0 Å². The van der Waals surface area contributed by atoms with Gasteiger partial charge in [0.25, 0.3) is 0 Å². The molecule has 5 heteroatoms. The van der Waals surface area contributed by atoms with Crippen LogP contribution in [-0.2, 0) is 20.1 Å². The molecule has 0 bridgehead atoms. The van der Waals surface area contributed by atoms with Crippen molar-refractivity contribution in [3.63, 3.8) is 0 Å². The van der Waals surface area contributed by atoms with E-state index < -0.39 is 0 Å². The van der Waals surface area contributed by atoms with Crippen LogP contribution in [0.1, 0.15) is 19.9 Å². The molecule has 0 saturated heterocycles. The Kier molecular flexibility index (Phi) is 7.21. The molecule has 0 spiro atoms. The van der Waals surface area contributed by atoms with Crippen molar-refractivity contribution in [1.29, 1.82) is 0 Å². The van der Waals surface area contributed by atoms with Crippen LogP contribution >= 0.6 is 0 Å². The Balaban J connectivity index is 0.000000203. The first-order chi connectivity index (χ1) is 21.2. The molecule has 4 aromatic heterocycles. The second kappa shape index (κ2) is 11.3. The van der Waals surface area contributed by atoms with Crippen molar-refractivity contribution >= 4 is 49.1 Å². The number of rotatable bonds is 3. The van der Waals surface area contributed by atoms with E-state index in [2.05, 4.69) is 130 Å².